The second-order valence-electron chi connectivity index (χ2n) is 4.02. The lowest BCUT2D eigenvalue weighted by molar-refractivity contribution is 0.394. The first-order valence-corrected chi connectivity index (χ1v) is 6.69. The third-order valence-electron chi connectivity index (χ3n) is 2.77. The summed E-state index contributed by atoms with van der Waals surface area (Å²) in [5, 5.41) is 0. The van der Waals surface area contributed by atoms with Crippen molar-refractivity contribution in [1.82, 2.24) is 4.31 Å². The molecule has 0 heterocycles. The Hall–Kier alpha value is -0.980. The number of nitrogens with two attached hydrogens (primary N) is 1. The zero-order valence-electron chi connectivity index (χ0n) is 10.1. The normalized spacial score (nSPS) is 14.0. The van der Waals surface area contributed by atoms with Crippen LogP contribution in [0.5, 0.6) is 0 Å². The van der Waals surface area contributed by atoms with Gasteiger partial charge in [-0.15, -0.1) is 0 Å². The second kappa shape index (κ2) is 5.12. The summed E-state index contributed by atoms with van der Waals surface area (Å²) in [4.78, 5) is -0.0136. The Labute approximate surface area is 101 Å². The van der Waals surface area contributed by atoms with Gasteiger partial charge in [0.2, 0.25) is 10.0 Å². The summed E-state index contributed by atoms with van der Waals surface area (Å²) in [5.41, 5.74) is 5.95. The predicted octanol–water partition coefficient (Wildman–Crippen LogP) is 1.10. The van der Waals surface area contributed by atoms with Crippen molar-refractivity contribution in [2.45, 2.75) is 24.8 Å². The van der Waals surface area contributed by atoms with Crippen LogP contribution in [0.4, 0.5) is 4.39 Å². The van der Waals surface area contributed by atoms with E-state index >= 15 is 0 Å². The zero-order chi connectivity index (χ0) is 13.2. The number of hydrogen-bond acceptors (Lipinski definition) is 3. The van der Waals surface area contributed by atoms with E-state index in [0.29, 0.717) is 5.56 Å². The topological polar surface area (TPSA) is 63.4 Å². The van der Waals surface area contributed by atoms with E-state index in [0.717, 1.165) is 10.4 Å². The zero-order valence-corrected chi connectivity index (χ0v) is 11.0. The fourth-order valence-corrected chi connectivity index (χ4v) is 3.00. The number of likely N-dealkylation sites (N-methyl/N-ethyl adjacent to an activating group) is 1. The lowest BCUT2D eigenvalue weighted by atomic mass is 10.2. The standard InChI is InChI=1S/C11H17FN2O2S/c1-8-4-5-10(12)6-11(8)17(15,16)14(3)9(2)7-13/h4-6,9H,7,13H2,1-3H3. The van der Waals surface area contributed by atoms with Crippen LogP contribution < -0.4 is 5.73 Å². The van der Waals surface area contributed by atoms with E-state index < -0.39 is 15.8 Å². The summed E-state index contributed by atoms with van der Waals surface area (Å²) >= 11 is 0. The molecule has 0 bridgehead atoms. The number of nitrogens with zero attached hydrogens (tertiary/aromatic N) is 1. The van der Waals surface area contributed by atoms with Crippen LogP contribution >= 0.6 is 0 Å². The molecule has 0 saturated carbocycles. The van der Waals surface area contributed by atoms with Gasteiger partial charge in [-0.3, -0.25) is 0 Å². The SMILES string of the molecule is Cc1ccc(F)cc1S(=O)(=O)N(C)C(C)CN. The highest BCUT2D eigenvalue weighted by Crippen LogP contribution is 2.21. The summed E-state index contributed by atoms with van der Waals surface area (Å²) in [6, 6.07) is 3.39. The van der Waals surface area contributed by atoms with Crippen molar-refractivity contribution in [3.8, 4) is 0 Å². The lowest BCUT2D eigenvalue weighted by Gasteiger charge is -2.23. The Bertz CT molecular complexity index is 502. The lowest BCUT2D eigenvalue weighted by Crippen LogP contribution is -2.39. The molecule has 1 aromatic rings. The van der Waals surface area contributed by atoms with Crippen LogP contribution in [0.25, 0.3) is 0 Å². The van der Waals surface area contributed by atoms with Gasteiger partial charge in [-0.25, -0.2) is 12.8 Å². The first-order valence-electron chi connectivity index (χ1n) is 5.25. The molecule has 1 atom stereocenters. The molecule has 0 aliphatic carbocycles. The molecule has 0 fully saturated rings. The number of hydrogen-bond donors (Lipinski definition) is 1. The highest BCUT2D eigenvalue weighted by atomic mass is 32.2. The van der Waals surface area contributed by atoms with Gasteiger partial charge in [0.15, 0.2) is 0 Å². The van der Waals surface area contributed by atoms with E-state index in [1.54, 1.807) is 13.8 Å². The molecule has 0 amide bonds. The molecule has 4 nitrogen and oxygen atoms in total. The first kappa shape index (κ1) is 14.1. The van der Waals surface area contributed by atoms with Crippen LogP contribution in [0.15, 0.2) is 23.1 Å². The van der Waals surface area contributed by atoms with Gasteiger partial charge in [0.1, 0.15) is 5.82 Å². The molecule has 6 heteroatoms. The van der Waals surface area contributed by atoms with Crippen LogP contribution in [0.2, 0.25) is 0 Å². The van der Waals surface area contributed by atoms with E-state index in [2.05, 4.69) is 0 Å². The molecule has 0 aliphatic rings. The molecule has 0 aromatic heterocycles. The van der Waals surface area contributed by atoms with Gasteiger partial charge in [-0.1, -0.05) is 6.07 Å². The number of benzene rings is 1. The van der Waals surface area contributed by atoms with Gasteiger partial charge in [-0.05, 0) is 31.5 Å². The molecule has 1 aromatic carbocycles. The summed E-state index contributed by atoms with van der Waals surface area (Å²) < 4.78 is 38.7. The monoisotopic (exact) mass is 260 g/mol. The molecule has 0 radical (unpaired) electrons. The Kier molecular flexibility index (Phi) is 4.24. The fraction of sp³-hybridized carbons (Fsp3) is 0.455. The molecule has 1 unspecified atom stereocenters. The van der Waals surface area contributed by atoms with Crippen LogP contribution in [0.3, 0.4) is 0 Å². The van der Waals surface area contributed by atoms with Gasteiger partial charge in [0.05, 0.1) is 4.90 Å². The molecular weight excluding hydrogens is 243 g/mol. The van der Waals surface area contributed by atoms with Crippen LogP contribution in [-0.2, 0) is 10.0 Å². The maximum atomic E-state index is 13.1. The molecule has 0 saturated heterocycles. The average Bonchev–Trinajstić information content (AvgIpc) is 2.30. The van der Waals surface area contributed by atoms with E-state index in [4.69, 9.17) is 5.73 Å². The summed E-state index contributed by atoms with van der Waals surface area (Å²) in [7, 11) is -2.25. The van der Waals surface area contributed by atoms with Crippen molar-refractivity contribution in [2.24, 2.45) is 5.73 Å². The van der Waals surface area contributed by atoms with E-state index in [1.165, 1.54) is 19.2 Å². The minimum atomic E-state index is -3.69. The first-order chi connectivity index (χ1) is 7.80. The Morgan fingerprint density at radius 1 is 1.47 bits per heavy atom. The van der Waals surface area contributed by atoms with Crippen LogP contribution in [0.1, 0.15) is 12.5 Å². The van der Waals surface area contributed by atoms with E-state index in [-0.39, 0.29) is 17.5 Å². The van der Waals surface area contributed by atoms with Gasteiger partial charge in [0.25, 0.3) is 0 Å². The molecule has 0 spiro atoms. The molecule has 0 aliphatic heterocycles. The molecule has 96 valence electrons. The van der Waals surface area contributed by atoms with Gasteiger partial charge in [-0.2, -0.15) is 4.31 Å². The smallest absolute Gasteiger partial charge is 0.243 e. The highest BCUT2D eigenvalue weighted by molar-refractivity contribution is 7.89. The minimum absolute atomic E-state index is 0.0136. The van der Waals surface area contributed by atoms with Crippen molar-refractivity contribution >= 4 is 10.0 Å². The summed E-state index contributed by atoms with van der Waals surface area (Å²) in [5.74, 6) is -0.567. The van der Waals surface area contributed by atoms with Gasteiger partial charge < -0.3 is 5.73 Å². The van der Waals surface area contributed by atoms with Crippen molar-refractivity contribution in [3.63, 3.8) is 0 Å². The number of rotatable bonds is 4. The molecule has 1 rings (SSSR count). The molecule has 2 N–H and O–H groups in total. The van der Waals surface area contributed by atoms with Crippen molar-refractivity contribution in [1.29, 1.82) is 0 Å². The number of aryl methyl sites for hydroxylation is 1. The second-order valence-corrected chi connectivity index (χ2v) is 5.98. The van der Waals surface area contributed by atoms with Crippen LogP contribution in [-0.4, -0.2) is 32.4 Å². The highest BCUT2D eigenvalue weighted by Gasteiger charge is 2.26. The third-order valence-corrected chi connectivity index (χ3v) is 4.88. The van der Waals surface area contributed by atoms with E-state index in [9.17, 15) is 12.8 Å². The molecule has 17 heavy (non-hydrogen) atoms. The Morgan fingerprint density at radius 2 is 2.06 bits per heavy atom. The van der Waals surface area contributed by atoms with Crippen LogP contribution in [0, 0.1) is 12.7 Å². The Morgan fingerprint density at radius 3 is 2.59 bits per heavy atom. The maximum Gasteiger partial charge on any atom is 0.243 e. The summed E-state index contributed by atoms with van der Waals surface area (Å²) in [6.45, 7) is 3.55. The predicted molar refractivity (Wildman–Crippen MR) is 64.6 cm³/mol. The fourth-order valence-electron chi connectivity index (χ4n) is 1.39. The van der Waals surface area contributed by atoms with Gasteiger partial charge >= 0.3 is 0 Å². The third kappa shape index (κ3) is 2.83. The largest absolute Gasteiger partial charge is 0.329 e. The van der Waals surface area contributed by atoms with Crippen molar-refractivity contribution < 1.29 is 12.8 Å². The van der Waals surface area contributed by atoms with E-state index in [1.807, 2.05) is 0 Å². The average molecular weight is 260 g/mol. The van der Waals surface area contributed by atoms with Gasteiger partial charge in [0, 0.05) is 19.6 Å². The Balaban J connectivity index is 3.26. The van der Waals surface area contributed by atoms with Crippen molar-refractivity contribution in [2.75, 3.05) is 13.6 Å². The minimum Gasteiger partial charge on any atom is -0.329 e. The van der Waals surface area contributed by atoms with Crippen molar-refractivity contribution in [3.05, 3.63) is 29.6 Å². The number of halogens is 1. The molecular formula is C11H17FN2O2S. The quantitative estimate of drug-likeness (QED) is 0.881. The summed E-state index contributed by atoms with van der Waals surface area (Å²) in [6.07, 6.45) is 0. The number of sulfonamides is 1. The maximum absolute atomic E-state index is 13.1.